The third-order valence-corrected chi connectivity index (χ3v) is 5.68. The van der Waals surface area contributed by atoms with Gasteiger partial charge in [-0.15, -0.1) is 0 Å². The van der Waals surface area contributed by atoms with E-state index in [4.69, 9.17) is 9.15 Å². The molecule has 0 bridgehead atoms. The zero-order valence-electron chi connectivity index (χ0n) is 18.3. The lowest BCUT2D eigenvalue weighted by molar-refractivity contribution is -0.122. The average Bonchev–Trinajstić information content (AvgIpc) is 3.35. The summed E-state index contributed by atoms with van der Waals surface area (Å²) < 4.78 is 10.7. The van der Waals surface area contributed by atoms with Crippen LogP contribution in [0.2, 0.25) is 0 Å². The highest BCUT2D eigenvalue weighted by atomic mass is 16.5. The van der Waals surface area contributed by atoms with Crippen molar-refractivity contribution in [3.63, 3.8) is 0 Å². The van der Waals surface area contributed by atoms with Gasteiger partial charge in [0, 0.05) is 26.2 Å². The first-order valence-electron chi connectivity index (χ1n) is 10.6. The van der Waals surface area contributed by atoms with E-state index in [0.717, 1.165) is 11.1 Å². The lowest BCUT2D eigenvalue weighted by Gasteiger charge is -2.38. The van der Waals surface area contributed by atoms with Gasteiger partial charge in [0.25, 0.3) is 5.91 Å². The minimum atomic E-state index is -0.484. The van der Waals surface area contributed by atoms with Crippen LogP contribution in [0.4, 0.5) is 5.69 Å². The van der Waals surface area contributed by atoms with Crippen LogP contribution in [0.15, 0.2) is 71.3 Å². The molecule has 166 valence electrons. The summed E-state index contributed by atoms with van der Waals surface area (Å²) in [5, 5.41) is 3.05. The van der Waals surface area contributed by atoms with Crippen molar-refractivity contribution in [3.8, 4) is 5.75 Å². The predicted molar refractivity (Wildman–Crippen MR) is 122 cm³/mol. The highest BCUT2D eigenvalue weighted by Crippen LogP contribution is 2.29. The summed E-state index contributed by atoms with van der Waals surface area (Å²) in [7, 11) is 1.59. The van der Waals surface area contributed by atoms with Gasteiger partial charge in [-0.3, -0.25) is 14.5 Å². The van der Waals surface area contributed by atoms with Gasteiger partial charge in [0.1, 0.15) is 11.8 Å². The summed E-state index contributed by atoms with van der Waals surface area (Å²) in [5.41, 5.74) is 2.58. The van der Waals surface area contributed by atoms with Gasteiger partial charge >= 0.3 is 0 Å². The van der Waals surface area contributed by atoms with E-state index in [1.807, 2.05) is 55.5 Å². The molecular weight excluding hydrogens is 406 g/mol. The van der Waals surface area contributed by atoms with Crippen molar-refractivity contribution in [2.75, 3.05) is 38.6 Å². The number of aryl methyl sites for hydroxylation is 1. The minimum Gasteiger partial charge on any atom is -0.495 e. The molecule has 0 saturated carbocycles. The van der Waals surface area contributed by atoms with E-state index >= 15 is 0 Å². The molecule has 1 atom stereocenters. The molecule has 7 heteroatoms. The maximum absolute atomic E-state index is 13.5. The molecule has 1 fully saturated rings. The van der Waals surface area contributed by atoms with Gasteiger partial charge in [-0.05, 0) is 42.3 Å². The van der Waals surface area contributed by atoms with Crippen molar-refractivity contribution >= 4 is 17.5 Å². The average molecular weight is 434 g/mol. The maximum Gasteiger partial charge on any atom is 0.289 e. The Morgan fingerprint density at radius 2 is 1.75 bits per heavy atom. The van der Waals surface area contributed by atoms with Crippen LogP contribution < -0.4 is 10.1 Å². The van der Waals surface area contributed by atoms with E-state index in [0.29, 0.717) is 43.4 Å². The predicted octanol–water partition coefficient (Wildman–Crippen LogP) is 3.73. The topological polar surface area (TPSA) is 75.0 Å². The maximum atomic E-state index is 13.5. The molecule has 1 aliphatic heterocycles. The second-order valence-corrected chi connectivity index (χ2v) is 7.81. The van der Waals surface area contributed by atoms with Crippen LogP contribution >= 0.6 is 0 Å². The zero-order chi connectivity index (χ0) is 22.5. The molecule has 0 aliphatic carbocycles. The fourth-order valence-electron chi connectivity index (χ4n) is 4.02. The molecule has 1 unspecified atom stereocenters. The number of anilines is 1. The number of benzene rings is 2. The Labute approximate surface area is 187 Å². The first-order chi connectivity index (χ1) is 15.6. The fourth-order valence-corrected chi connectivity index (χ4v) is 4.02. The number of hydrogen-bond donors (Lipinski definition) is 1. The Hall–Kier alpha value is -3.58. The Bertz CT molecular complexity index is 1060. The Kier molecular flexibility index (Phi) is 6.56. The van der Waals surface area contributed by atoms with Crippen molar-refractivity contribution in [1.82, 2.24) is 9.80 Å². The standard InChI is InChI=1S/C25H27N3O4/c1-18-10-11-21(31-2)20(17-18)26-24(29)23(19-7-4-3-5-8-19)27-12-14-28(15-13-27)25(30)22-9-6-16-32-22/h3-11,16-17,23H,12-15H2,1-2H3,(H,26,29). The smallest absolute Gasteiger partial charge is 0.289 e. The highest BCUT2D eigenvalue weighted by Gasteiger charge is 2.32. The van der Waals surface area contributed by atoms with Crippen molar-refractivity contribution in [1.29, 1.82) is 0 Å². The van der Waals surface area contributed by atoms with E-state index in [2.05, 4.69) is 10.2 Å². The van der Waals surface area contributed by atoms with E-state index in [-0.39, 0.29) is 11.8 Å². The minimum absolute atomic E-state index is 0.125. The number of nitrogens with one attached hydrogen (secondary N) is 1. The molecular formula is C25H27N3O4. The summed E-state index contributed by atoms with van der Waals surface area (Å²) in [6, 6.07) is 18.3. The molecule has 1 aliphatic rings. The van der Waals surface area contributed by atoms with Crippen LogP contribution in [0, 0.1) is 6.92 Å². The molecule has 2 aromatic carbocycles. The van der Waals surface area contributed by atoms with E-state index < -0.39 is 6.04 Å². The Morgan fingerprint density at radius 3 is 2.41 bits per heavy atom. The first kappa shape index (κ1) is 21.6. The Balaban J connectivity index is 1.53. The van der Waals surface area contributed by atoms with Crippen LogP contribution in [0.5, 0.6) is 5.75 Å². The number of piperazine rings is 1. The second-order valence-electron chi connectivity index (χ2n) is 7.81. The second kappa shape index (κ2) is 9.70. The first-order valence-corrected chi connectivity index (χ1v) is 10.6. The molecule has 2 heterocycles. The number of furan rings is 1. The molecule has 1 saturated heterocycles. The molecule has 0 spiro atoms. The normalized spacial score (nSPS) is 15.2. The lowest BCUT2D eigenvalue weighted by atomic mass is 10.0. The molecule has 1 aromatic heterocycles. The molecule has 2 amide bonds. The van der Waals surface area contributed by atoms with Crippen LogP contribution in [-0.4, -0.2) is 54.9 Å². The third-order valence-electron chi connectivity index (χ3n) is 5.68. The molecule has 0 radical (unpaired) electrons. The summed E-state index contributed by atoms with van der Waals surface area (Å²) >= 11 is 0. The van der Waals surface area contributed by atoms with E-state index in [1.165, 1.54) is 6.26 Å². The summed E-state index contributed by atoms with van der Waals surface area (Å²) in [6.45, 7) is 4.15. The summed E-state index contributed by atoms with van der Waals surface area (Å²) in [6.07, 6.45) is 1.50. The van der Waals surface area contributed by atoms with Gasteiger partial charge in [0.2, 0.25) is 5.91 Å². The number of ether oxygens (including phenoxy) is 1. The van der Waals surface area contributed by atoms with Gasteiger partial charge in [-0.2, -0.15) is 0 Å². The van der Waals surface area contributed by atoms with Crippen LogP contribution in [0.1, 0.15) is 27.7 Å². The van der Waals surface area contributed by atoms with Crippen molar-refractivity contribution in [3.05, 3.63) is 83.8 Å². The Morgan fingerprint density at radius 1 is 1.00 bits per heavy atom. The SMILES string of the molecule is COc1ccc(C)cc1NC(=O)C(c1ccccc1)N1CCN(C(=O)c2ccco2)CC1. The summed E-state index contributed by atoms with van der Waals surface area (Å²) in [5.74, 6) is 0.692. The summed E-state index contributed by atoms with van der Waals surface area (Å²) in [4.78, 5) is 30.0. The van der Waals surface area contributed by atoms with Gasteiger partial charge in [0.05, 0.1) is 19.1 Å². The number of amides is 2. The third kappa shape index (κ3) is 4.68. The molecule has 7 nitrogen and oxygen atoms in total. The van der Waals surface area contributed by atoms with E-state index in [1.54, 1.807) is 24.1 Å². The quantitative estimate of drug-likeness (QED) is 0.641. The molecule has 1 N–H and O–H groups in total. The van der Waals surface area contributed by atoms with Gasteiger partial charge in [0.15, 0.2) is 5.76 Å². The highest BCUT2D eigenvalue weighted by molar-refractivity contribution is 5.97. The van der Waals surface area contributed by atoms with Crippen molar-refractivity contribution < 1.29 is 18.7 Å². The van der Waals surface area contributed by atoms with Crippen LogP contribution in [0.3, 0.4) is 0 Å². The van der Waals surface area contributed by atoms with Gasteiger partial charge < -0.3 is 19.4 Å². The number of methoxy groups -OCH3 is 1. The monoisotopic (exact) mass is 433 g/mol. The number of hydrogen-bond acceptors (Lipinski definition) is 5. The fraction of sp³-hybridized carbons (Fsp3) is 0.280. The largest absolute Gasteiger partial charge is 0.495 e. The van der Waals surface area contributed by atoms with Crippen molar-refractivity contribution in [2.45, 2.75) is 13.0 Å². The lowest BCUT2D eigenvalue weighted by Crippen LogP contribution is -2.51. The van der Waals surface area contributed by atoms with Crippen LogP contribution in [0.25, 0.3) is 0 Å². The van der Waals surface area contributed by atoms with Crippen LogP contribution in [-0.2, 0) is 4.79 Å². The molecule has 3 aromatic rings. The number of rotatable bonds is 6. The molecule has 4 rings (SSSR count). The van der Waals surface area contributed by atoms with Gasteiger partial charge in [-0.25, -0.2) is 0 Å². The molecule has 32 heavy (non-hydrogen) atoms. The number of nitrogens with zero attached hydrogens (tertiary/aromatic N) is 2. The van der Waals surface area contributed by atoms with Gasteiger partial charge in [-0.1, -0.05) is 36.4 Å². The zero-order valence-corrected chi connectivity index (χ0v) is 18.3. The number of carbonyl (C=O) groups excluding carboxylic acids is 2. The van der Waals surface area contributed by atoms with E-state index in [9.17, 15) is 9.59 Å². The van der Waals surface area contributed by atoms with Crippen molar-refractivity contribution in [2.24, 2.45) is 0 Å². The number of carbonyl (C=O) groups is 2.